The Morgan fingerprint density at radius 2 is 1.93 bits per heavy atom. The molecule has 0 aliphatic carbocycles. The maximum Gasteiger partial charge on any atom is 0.282 e. The van der Waals surface area contributed by atoms with Crippen molar-refractivity contribution in [1.29, 1.82) is 0 Å². The smallest absolute Gasteiger partial charge is 0.282 e. The second-order valence-corrected chi connectivity index (χ2v) is 6.99. The van der Waals surface area contributed by atoms with Crippen LogP contribution in [-0.4, -0.2) is 25.5 Å². The number of hydrogen-bond donors (Lipinski definition) is 1. The summed E-state index contributed by atoms with van der Waals surface area (Å²) in [6, 6.07) is 8.75. The topological polar surface area (TPSA) is 64.7 Å². The summed E-state index contributed by atoms with van der Waals surface area (Å²) in [7, 11) is 0. The summed E-state index contributed by atoms with van der Waals surface area (Å²) in [4.78, 5) is 12.4. The first-order valence-corrected chi connectivity index (χ1v) is 9.03. The third-order valence-corrected chi connectivity index (χ3v) is 4.62. The Hall–Kier alpha value is -2.74. The van der Waals surface area contributed by atoms with E-state index in [1.54, 1.807) is 24.6 Å². The van der Waals surface area contributed by atoms with Gasteiger partial charge in [-0.2, -0.15) is 10.2 Å². The van der Waals surface area contributed by atoms with E-state index in [0.29, 0.717) is 28.6 Å². The lowest BCUT2D eigenvalue weighted by atomic mass is 10.2. The fourth-order valence-corrected chi connectivity index (χ4v) is 3.17. The largest absolute Gasteiger partial charge is 0.321 e. The SMILES string of the molecule is Cc1nn(Cc2cccc(Cl)c2)c(C)c1NC(=O)Cn1nc(C(F)F)cc1C. The van der Waals surface area contributed by atoms with Gasteiger partial charge in [-0.1, -0.05) is 23.7 Å². The van der Waals surface area contributed by atoms with Crippen LogP contribution in [0, 0.1) is 20.8 Å². The Balaban J connectivity index is 1.74. The molecule has 28 heavy (non-hydrogen) atoms. The highest BCUT2D eigenvalue weighted by molar-refractivity contribution is 6.30. The van der Waals surface area contributed by atoms with Crippen molar-refractivity contribution in [2.24, 2.45) is 0 Å². The minimum atomic E-state index is -2.67. The predicted octanol–water partition coefficient (Wildman–Crippen LogP) is 4.28. The van der Waals surface area contributed by atoms with E-state index in [9.17, 15) is 13.6 Å². The van der Waals surface area contributed by atoms with E-state index in [0.717, 1.165) is 11.3 Å². The van der Waals surface area contributed by atoms with Gasteiger partial charge in [-0.05, 0) is 44.5 Å². The first-order chi connectivity index (χ1) is 13.2. The Labute approximate surface area is 166 Å². The standard InChI is InChI=1S/C19H20ClF2N5O/c1-11-7-16(19(21)22)25-26(11)10-17(28)23-18-12(2)24-27(13(18)3)9-14-5-4-6-15(20)8-14/h4-8,19H,9-10H2,1-3H3,(H,23,28). The van der Waals surface area contributed by atoms with Crippen molar-refractivity contribution in [1.82, 2.24) is 19.6 Å². The molecule has 0 aliphatic rings. The number of amides is 1. The number of carbonyl (C=O) groups is 1. The molecule has 0 bridgehead atoms. The zero-order valence-corrected chi connectivity index (χ0v) is 16.5. The maximum atomic E-state index is 12.8. The summed E-state index contributed by atoms with van der Waals surface area (Å²) in [6.45, 7) is 5.64. The van der Waals surface area contributed by atoms with Crippen molar-refractivity contribution < 1.29 is 13.6 Å². The first-order valence-electron chi connectivity index (χ1n) is 8.65. The molecular formula is C19H20ClF2N5O. The summed E-state index contributed by atoms with van der Waals surface area (Å²) in [6.07, 6.45) is -2.67. The number of nitrogens with zero attached hydrogens (tertiary/aromatic N) is 4. The average molecular weight is 408 g/mol. The molecule has 1 amide bonds. The Kier molecular flexibility index (Phi) is 5.79. The van der Waals surface area contributed by atoms with Crippen molar-refractivity contribution in [3.63, 3.8) is 0 Å². The molecule has 9 heteroatoms. The van der Waals surface area contributed by atoms with E-state index in [2.05, 4.69) is 15.5 Å². The van der Waals surface area contributed by atoms with Gasteiger partial charge in [0.25, 0.3) is 6.43 Å². The number of rotatable bonds is 6. The maximum absolute atomic E-state index is 12.8. The summed E-state index contributed by atoms with van der Waals surface area (Å²) < 4.78 is 28.6. The van der Waals surface area contributed by atoms with Gasteiger partial charge >= 0.3 is 0 Å². The van der Waals surface area contributed by atoms with E-state index >= 15 is 0 Å². The lowest BCUT2D eigenvalue weighted by Gasteiger charge is -2.08. The number of alkyl halides is 2. The highest BCUT2D eigenvalue weighted by Gasteiger charge is 2.18. The molecule has 0 unspecified atom stereocenters. The lowest BCUT2D eigenvalue weighted by Crippen LogP contribution is -2.21. The minimum Gasteiger partial charge on any atom is -0.321 e. The van der Waals surface area contributed by atoms with E-state index in [4.69, 9.17) is 11.6 Å². The summed E-state index contributed by atoms with van der Waals surface area (Å²) in [5.41, 5.74) is 3.20. The van der Waals surface area contributed by atoms with Crippen LogP contribution in [-0.2, 0) is 17.9 Å². The zero-order valence-electron chi connectivity index (χ0n) is 15.7. The molecule has 0 saturated carbocycles. The third kappa shape index (κ3) is 4.39. The number of halogens is 3. The van der Waals surface area contributed by atoms with Crippen LogP contribution in [0.15, 0.2) is 30.3 Å². The normalized spacial score (nSPS) is 11.2. The molecule has 0 spiro atoms. The van der Waals surface area contributed by atoms with E-state index in [-0.39, 0.29) is 18.1 Å². The monoisotopic (exact) mass is 407 g/mol. The van der Waals surface area contributed by atoms with Crippen LogP contribution < -0.4 is 5.32 Å². The van der Waals surface area contributed by atoms with Crippen LogP contribution in [0.3, 0.4) is 0 Å². The van der Waals surface area contributed by atoms with Crippen molar-refractivity contribution >= 4 is 23.2 Å². The molecule has 0 saturated heterocycles. The number of aryl methyl sites for hydroxylation is 2. The summed E-state index contributed by atoms with van der Waals surface area (Å²) >= 11 is 6.03. The van der Waals surface area contributed by atoms with Gasteiger partial charge in [-0.25, -0.2) is 8.78 Å². The van der Waals surface area contributed by atoms with Gasteiger partial charge < -0.3 is 5.32 Å². The fourth-order valence-electron chi connectivity index (χ4n) is 2.96. The molecule has 3 aromatic rings. The quantitative estimate of drug-likeness (QED) is 0.663. The molecule has 0 atom stereocenters. The van der Waals surface area contributed by atoms with Crippen LogP contribution in [0.2, 0.25) is 5.02 Å². The summed E-state index contributed by atoms with van der Waals surface area (Å²) in [5.74, 6) is -0.361. The van der Waals surface area contributed by atoms with Gasteiger partial charge in [-0.3, -0.25) is 14.2 Å². The molecule has 148 valence electrons. The lowest BCUT2D eigenvalue weighted by molar-refractivity contribution is -0.117. The first kappa shape index (κ1) is 20.0. The average Bonchev–Trinajstić information content (AvgIpc) is 3.10. The van der Waals surface area contributed by atoms with Gasteiger partial charge in [0.15, 0.2) is 0 Å². The second-order valence-electron chi connectivity index (χ2n) is 6.55. The highest BCUT2D eigenvalue weighted by atomic mass is 35.5. The van der Waals surface area contributed by atoms with Crippen molar-refractivity contribution in [2.45, 2.75) is 40.3 Å². The van der Waals surface area contributed by atoms with Crippen LogP contribution in [0.5, 0.6) is 0 Å². The number of carbonyl (C=O) groups excluding carboxylic acids is 1. The van der Waals surface area contributed by atoms with Gasteiger partial charge in [-0.15, -0.1) is 0 Å². The molecule has 0 fully saturated rings. The fraction of sp³-hybridized carbons (Fsp3) is 0.316. The van der Waals surface area contributed by atoms with Gasteiger partial charge in [0.1, 0.15) is 12.2 Å². The van der Waals surface area contributed by atoms with Gasteiger partial charge in [0.05, 0.1) is 23.6 Å². The Morgan fingerprint density at radius 3 is 2.57 bits per heavy atom. The van der Waals surface area contributed by atoms with E-state index < -0.39 is 6.43 Å². The minimum absolute atomic E-state index is 0.156. The predicted molar refractivity (Wildman–Crippen MR) is 103 cm³/mol. The Morgan fingerprint density at radius 1 is 1.18 bits per heavy atom. The molecule has 2 heterocycles. The van der Waals surface area contributed by atoms with Crippen LogP contribution in [0.4, 0.5) is 14.5 Å². The van der Waals surface area contributed by atoms with Gasteiger partial charge in [0, 0.05) is 10.7 Å². The molecule has 3 rings (SSSR count). The van der Waals surface area contributed by atoms with Crippen LogP contribution >= 0.6 is 11.6 Å². The number of benzene rings is 1. The molecule has 0 aliphatic heterocycles. The number of anilines is 1. The number of nitrogens with one attached hydrogen (secondary N) is 1. The van der Waals surface area contributed by atoms with Crippen molar-refractivity contribution in [2.75, 3.05) is 5.32 Å². The summed E-state index contributed by atoms with van der Waals surface area (Å²) in [5, 5.41) is 11.7. The van der Waals surface area contributed by atoms with Crippen molar-refractivity contribution in [3.05, 3.63) is 63.7 Å². The second kappa shape index (κ2) is 8.10. The zero-order chi connectivity index (χ0) is 20.4. The number of aromatic nitrogens is 4. The van der Waals surface area contributed by atoms with Crippen LogP contribution in [0.25, 0.3) is 0 Å². The Bertz CT molecular complexity index is 1010. The van der Waals surface area contributed by atoms with Gasteiger partial charge in [0.2, 0.25) is 5.91 Å². The molecule has 6 nitrogen and oxygen atoms in total. The third-order valence-electron chi connectivity index (χ3n) is 4.38. The molecule has 1 aromatic carbocycles. The van der Waals surface area contributed by atoms with Crippen molar-refractivity contribution in [3.8, 4) is 0 Å². The van der Waals surface area contributed by atoms with Crippen LogP contribution in [0.1, 0.15) is 34.8 Å². The van der Waals surface area contributed by atoms with E-state index in [1.165, 1.54) is 10.7 Å². The molecule has 1 N–H and O–H groups in total. The molecular weight excluding hydrogens is 388 g/mol. The molecule has 2 aromatic heterocycles. The highest BCUT2D eigenvalue weighted by Crippen LogP contribution is 2.22. The number of hydrogen-bond acceptors (Lipinski definition) is 3. The van der Waals surface area contributed by atoms with E-state index in [1.807, 2.05) is 25.1 Å². The molecule has 0 radical (unpaired) electrons.